The zero-order chi connectivity index (χ0) is 18.9. The van der Waals surface area contributed by atoms with Crippen LogP contribution in [0.15, 0.2) is 23.6 Å². The SMILES string of the molecule is CCC1(CC)CCc2c(csc2C(=O)/C=C/c2cc(C)c(O)c(C)c2)C1. The molecule has 138 valence electrons. The Morgan fingerprint density at radius 1 is 1.23 bits per heavy atom. The van der Waals surface area contributed by atoms with Gasteiger partial charge in [0, 0.05) is 0 Å². The molecule has 0 bridgehead atoms. The monoisotopic (exact) mass is 368 g/mol. The molecule has 26 heavy (non-hydrogen) atoms. The summed E-state index contributed by atoms with van der Waals surface area (Å²) < 4.78 is 0. The van der Waals surface area contributed by atoms with E-state index in [1.807, 2.05) is 32.1 Å². The molecule has 1 heterocycles. The first-order valence-electron chi connectivity index (χ1n) is 9.51. The maximum Gasteiger partial charge on any atom is 0.196 e. The van der Waals surface area contributed by atoms with Crippen molar-refractivity contribution in [2.24, 2.45) is 5.41 Å². The van der Waals surface area contributed by atoms with E-state index < -0.39 is 0 Å². The standard InChI is InChI=1S/C23H28O2S/c1-5-23(6-2)10-9-19-18(13-23)14-26-22(19)20(24)8-7-17-11-15(3)21(25)16(4)12-17/h7-8,11-12,14,25H,5-6,9-10,13H2,1-4H3/b8-7+. The quantitative estimate of drug-likeness (QED) is 0.499. The lowest BCUT2D eigenvalue weighted by Gasteiger charge is -2.36. The van der Waals surface area contributed by atoms with Gasteiger partial charge in [0.2, 0.25) is 0 Å². The largest absolute Gasteiger partial charge is 0.507 e. The summed E-state index contributed by atoms with van der Waals surface area (Å²) in [4.78, 5) is 13.7. The van der Waals surface area contributed by atoms with Crippen LogP contribution in [0.4, 0.5) is 0 Å². The van der Waals surface area contributed by atoms with Crippen molar-refractivity contribution >= 4 is 23.2 Å². The highest BCUT2D eigenvalue weighted by Crippen LogP contribution is 2.43. The van der Waals surface area contributed by atoms with Crippen molar-refractivity contribution in [1.82, 2.24) is 0 Å². The van der Waals surface area contributed by atoms with Crippen LogP contribution in [0, 0.1) is 19.3 Å². The summed E-state index contributed by atoms with van der Waals surface area (Å²) >= 11 is 1.60. The van der Waals surface area contributed by atoms with E-state index in [9.17, 15) is 9.90 Å². The van der Waals surface area contributed by atoms with Crippen LogP contribution in [0.2, 0.25) is 0 Å². The summed E-state index contributed by atoms with van der Waals surface area (Å²) in [6.45, 7) is 8.34. The average Bonchev–Trinajstić information content (AvgIpc) is 3.06. The fraction of sp³-hybridized carbons (Fsp3) is 0.435. The van der Waals surface area contributed by atoms with E-state index in [0.717, 1.165) is 34.4 Å². The number of fused-ring (bicyclic) bond motifs is 1. The number of carbonyl (C=O) groups excluding carboxylic acids is 1. The highest BCUT2D eigenvalue weighted by atomic mass is 32.1. The maximum atomic E-state index is 12.8. The molecule has 0 atom stereocenters. The van der Waals surface area contributed by atoms with Gasteiger partial charge in [0.15, 0.2) is 5.78 Å². The van der Waals surface area contributed by atoms with E-state index >= 15 is 0 Å². The first kappa shape index (κ1) is 18.9. The molecular weight excluding hydrogens is 340 g/mol. The second kappa shape index (κ2) is 7.40. The number of hydrogen-bond acceptors (Lipinski definition) is 3. The van der Waals surface area contributed by atoms with Gasteiger partial charge in [-0.2, -0.15) is 0 Å². The van der Waals surface area contributed by atoms with Crippen LogP contribution in [0.1, 0.15) is 70.6 Å². The van der Waals surface area contributed by atoms with Gasteiger partial charge >= 0.3 is 0 Å². The molecule has 2 nitrogen and oxygen atoms in total. The number of hydrogen-bond donors (Lipinski definition) is 1. The molecule has 2 aromatic rings. The van der Waals surface area contributed by atoms with E-state index in [1.165, 1.54) is 30.4 Å². The van der Waals surface area contributed by atoms with Gasteiger partial charge < -0.3 is 5.11 Å². The van der Waals surface area contributed by atoms with Crippen molar-refractivity contribution in [3.63, 3.8) is 0 Å². The van der Waals surface area contributed by atoms with Gasteiger partial charge in [0.05, 0.1) is 4.88 Å². The number of phenols is 1. The fourth-order valence-corrected chi connectivity index (χ4v) is 5.16. The molecular formula is C23H28O2S. The second-order valence-corrected chi connectivity index (χ2v) is 8.53. The number of aryl methyl sites for hydroxylation is 2. The van der Waals surface area contributed by atoms with E-state index in [4.69, 9.17) is 0 Å². The Kier molecular flexibility index (Phi) is 5.38. The topological polar surface area (TPSA) is 37.3 Å². The number of thiophene rings is 1. The molecule has 0 fully saturated rings. The van der Waals surface area contributed by atoms with Gasteiger partial charge in [-0.1, -0.05) is 32.8 Å². The first-order chi connectivity index (χ1) is 12.4. The molecule has 0 radical (unpaired) electrons. The molecule has 0 saturated carbocycles. The Labute approximate surface area is 160 Å². The Morgan fingerprint density at radius 2 is 1.88 bits per heavy atom. The molecule has 0 saturated heterocycles. The van der Waals surface area contributed by atoms with Crippen molar-refractivity contribution in [2.75, 3.05) is 0 Å². The minimum absolute atomic E-state index is 0.0973. The minimum Gasteiger partial charge on any atom is -0.507 e. The van der Waals surface area contributed by atoms with Gasteiger partial charge in [0.25, 0.3) is 0 Å². The molecule has 1 aromatic heterocycles. The summed E-state index contributed by atoms with van der Waals surface area (Å²) in [6.07, 6.45) is 9.27. The van der Waals surface area contributed by atoms with Crippen molar-refractivity contribution in [2.45, 2.75) is 59.8 Å². The third kappa shape index (κ3) is 3.50. The molecule has 0 unspecified atom stereocenters. The van der Waals surface area contributed by atoms with Crippen LogP contribution in [-0.2, 0) is 12.8 Å². The van der Waals surface area contributed by atoms with E-state index in [1.54, 1.807) is 17.4 Å². The predicted octanol–water partition coefficient (Wildman–Crippen LogP) is 6.26. The number of carbonyl (C=O) groups is 1. The van der Waals surface area contributed by atoms with Gasteiger partial charge in [-0.25, -0.2) is 0 Å². The number of benzene rings is 1. The molecule has 1 aromatic carbocycles. The lowest BCUT2D eigenvalue weighted by molar-refractivity contribution is 0.104. The Hall–Kier alpha value is -1.87. The molecule has 1 aliphatic carbocycles. The van der Waals surface area contributed by atoms with Crippen molar-refractivity contribution in [1.29, 1.82) is 0 Å². The predicted molar refractivity (Wildman–Crippen MR) is 110 cm³/mol. The number of ketones is 1. The van der Waals surface area contributed by atoms with Gasteiger partial charge in [0.1, 0.15) is 5.75 Å². The van der Waals surface area contributed by atoms with Crippen molar-refractivity contribution < 1.29 is 9.90 Å². The first-order valence-corrected chi connectivity index (χ1v) is 10.4. The van der Waals surface area contributed by atoms with Gasteiger partial charge in [-0.3, -0.25) is 4.79 Å². The fourth-order valence-electron chi connectivity index (χ4n) is 4.12. The molecule has 1 N–H and O–H groups in total. The Morgan fingerprint density at radius 3 is 2.50 bits per heavy atom. The zero-order valence-electron chi connectivity index (χ0n) is 16.2. The summed E-state index contributed by atoms with van der Waals surface area (Å²) in [5.41, 5.74) is 5.71. The Balaban J connectivity index is 1.81. The summed E-state index contributed by atoms with van der Waals surface area (Å²) in [6, 6.07) is 3.82. The van der Waals surface area contributed by atoms with Crippen LogP contribution >= 0.6 is 11.3 Å². The Bertz CT molecular complexity index is 830. The number of rotatable bonds is 5. The molecule has 0 amide bonds. The highest BCUT2D eigenvalue weighted by Gasteiger charge is 2.33. The smallest absolute Gasteiger partial charge is 0.196 e. The number of allylic oxidation sites excluding steroid dienone is 1. The maximum absolute atomic E-state index is 12.8. The molecule has 1 aliphatic rings. The normalized spacial score (nSPS) is 16.0. The van der Waals surface area contributed by atoms with Crippen LogP contribution in [0.25, 0.3) is 6.08 Å². The molecule has 0 aliphatic heterocycles. The third-order valence-electron chi connectivity index (χ3n) is 6.12. The molecule has 3 rings (SSSR count). The van der Waals surface area contributed by atoms with Gasteiger partial charge in [-0.05, 0) is 89.9 Å². The molecule has 0 spiro atoms. The average molecular weight is 369 g/mol. The van der Waals surface area contributed by atoms with Crippen LogP contribution in [-0.4, -0.2) is 10.9 Å². The summed E-state index contributed by atoms with van der Waals surface area (Å²) in [7, 11) is 0. The van der Waals surface area contributed by atoms with E-state index in [-0.39, 0.29) is 5.78 Å². The van der Waals surface area contributed by atoms with Crippen LogP contribution < -0.4 is 0 Å². The number of phenolic OH excluding ortho intramolecular Hbond substituents is 1. The van der Waals surface area contributed by atoms with Crippen LogP contribution in [0.5, 0.6) is 5.75 Å². The number of aromatic hydroxyl groups is 1. The highest BCUT2D eigenvalue weighted by molar-refractivity contribution is 7.12. The molecule has 3 heteroatoms. The van der Waals surface area contributed by atoms with Crippen molar-refractivity contribution in [3.05, 3.63) is 56.3 Å². The summed E-state index contributed by atoms with van der Waals surface area (Å²) in [5.74, 6) is 0.427. The lowest BCUT2D eigenvalue weighted by atomic mass is 9.69. The summed E-state index contributed by atoms with van der Waals surface area (Å²) in [5, 5.41) is 12.1. The third-order valence-corrected chi connectivity index (χ3v) is 7.20. The van der Waals surface area contributed by atoms with Gasteiger partial charge in [-0.15, -0.1) is 11.3 Å². The van der Waals surface area contributed by atoms with E-state index in [2.05, 4.69) is 19.2 Å². The second-order valence-electron chi connectivity index (χ2n) is 7.65. The lowest BCUT2D eigenvalue weighted by Crippen LogP contribution is -2.27. The van der Waals surface area contributed by atoms with Crippen LogP contribution in [0.3, 0.4) is 0 Å². The zero-order valence-corrected chi connectivity index (χ0v) is 17.0. The van der Waals surface area contributed by atoms with Crippen molar-refractivity contribution in [3.8, 4) is 5.75 Å². The van der Waals surface area contributed by atoms with E-state index in [0.29, 0.717) is 11.2 Å². The minimum atomic E-state index is 0.0973.